The number of halogens is 2. The van der Waals surface area contributed by atoms with Gasteiger partial charge < -0.3 is 16.2 Å². The molecule has 140 valence electrons. The van der Waals surface area contributed by atoms with Gasteiger partial charge in [0.1, 0.15) is 17.2 Å². The molecule has 2 aromatic carbocycles. The van der Waals surface area contributed by atoms with Crippen LogP contribution in [0.1, 0.15) is 30.4 Å². The van der Waals surface area contributed by atoms with Crippen molar-refractivity contribution >= 4 is 0 Å². The Morgan fingerprint density at radius 3 is 2.04 bits per heavy atom. The Kier molecular flexibility index (Phi) is 6.01. The summed E-state index contributed by atoms with van der Waals surface area (Å²) in [6.45, 7) is 2.21. The number of rotatable bonds is 6. The van der Waals surface area contributed by atoms with E-state index in [2.05, 4.69) is 5.32 Å². The van der Waals surface area contributed by atoms with Crippen LogP contribution < -0.4 is 11.1 Å². The fourth-order valence-corrected chi connectivity index (χ4v) is 4.16. The number of benzene rings is 2. The van der Waals surface area contributed by atoms with Gasteiger partial charge in [-0.05, 0) is 80.2 Å². The quantitative estimate of drug-likeness (QED) is 0.742. The van der Waals surface area contributed by atoms with E-state index in [0.29, 0.717) is 17.7 Å². The van der Waals surface area contributed by atoms with Crippen LogP contribution in [0, 0.1) is 23.5 Å². The number of hydrogen-bond acceptors (Lipinski definition) is 3. The van der Waals surface area contributed by atoms with Gasteiger partial charge in [-0.2, -0.15) is 0 Å². The zero-order valence-corrected chi connectivity index (χ0v) is 14.8. The van der Waals surface area contributed by atoms with Gasteiger partial charge in [0, 0.05) is 5.92 Å². The first kappa shape index (κ1) is 19.0. The van der Waals surface area contributed by atoms with Crippen molar-refractivity contribution in [2.75, 3.05) is 19.6 Å². The minimum absolute atomic E-state index is 0.0637. The summed E-state index contributed by atoms with van der Waals surface area (Å²) >= 11 is 0. The van der Waals surface area contributed by atoms with Crippen LogP contribution in [-0.4, -0.2) is 24.7 Å². The molecule has 0 bridgehead atoms. The Morgan fingerprint density at radius 1 is 1.00 bits per heavy atom. The predicted octanol–water partition coefficient (Wildman–Crippen LogP) is 3.17. The van der Waals surface area contributed by atoms with Gasteiger partial charge in [0.25, 0.3) is 0 Å². The van der Waals surface area contributed by atoms with Crippen LogP contribution in [0.3, 0.4) is 0 Å². The van der Waals surface area contributed by atoms with Gasteiger partial charge in [0.05, 0.1) is 0 Å². The van der Waals surface area contributed by atoms with Gasteiger partial charge in [0.15, 0.2) is 0 Å². The van der Waals surface area contributed by atoms with Crippen molar-refractivity contribution in [3.63, 3.8) is 0 Å². The van der Waals surface area contributed by atoms with E-state index >= 15 is 0 Å². The summed E-state index contributed by atoms with van der Waals surface area (Å²) in [5.41, 5.74) is 5.66. The molecule has 2 aromatic rings. The van der Waals surface area contributed by atoms with E-state index in [1.807, 2.05) is 0 Å². The second-order valence-corrected chi connectivity index (χ2v) is 7.07. The molecule has 1 fully saturated rings. The zero-order chi connectivity index (χ0) is 18.6. The lowest BCUT2D eigenvalue weighted by Crippen LogP contribution is -2.48. The van der Waals surface area contributed by atoms with Gasteiger partial charge in [0.2, 0.25) is 0 Å². The first-order valence-electron chi connectivity index (χ1n) is 9.21. The van der Waals surface area contributed by atoms with E-state index < -0.39 is 5.60 Å². The summed E-state index contributed by atoms with van der Waals surface area (Å²) in [5.74, 6) is -0.529. The first-order chi connectivity index (χ1) is 12.6. The molecule has 3 nitrogen and oxygen atoms in total. The Bertz CT molecular complexity index is 657. The van der Waals surface area contributed by atoms with Crippen molar-refractivity contribution in [3.05, 3.63) is 71.3 Å². The van der Waals surface area contributed by atoms with Crippen molar-refractivity contribution in [1.82, 2.24) is 5.32 Å². The fraction of sp³-hybridized carbons (Fsp3) is 0.429. The van der Waals surface area contributed by atoms with Crippen LogP contribution >= 0.6 is 0 Å². The van der Waals surface area contributed by atoms with E-state index in [1.54, 1.807) is 24.3 Å². The molecule has 3 rings (SSSR count). The van der Waals surface area contributed by atoms with Crippen molar-refractivity contribution in [2.45, 2.75) is 24.9 Å². The van der Waals surface area contributed by atoms with Gasteiger partial charge in [-0.1, -0.05) is 24.3 Å². The highest BCUT2D eigenvalue weighted by atomic mass is 19.1. The average Bonchev–Trinajstić information content (AvgIpc) is 2.67. The van der Waals surface area contributed by atoms with Crippen LogP contribution in [0.15, 0.2) is 48.5 Å². The lowest BCUT2D eigenvalue weighted by Gasteiger charge is -2.44. The maximum atomic E-state index is 13.5. The molecule has 0 aromatic heterocycles. The standard InChI is InChI=1S/C21H26F2N2O/c22-18-7-3-16(4-8-18)21(26,17-5-9-19(23)10-6-17)20-11-13-25-14-15(20)2-1-12-24/h3-10,15,20,25-26H,1-2,11-14,24H2. The average molecular weight is 360 g/mol. The smallest absolute Gasteiger partial charge is 0.123 e. The van der Waals surface area contributed by atoms with Crippen molar-refractivity contribution in [3.8, 4) is 0 Å². The summed E-state index contributed by atoms with van der Waals surface area (Å²) in [7, 11) is 0. The first-order valence-corrected chi connectivity index (χ1v) is 9.21. The topological polar surface area (TPSA) is 58.3 Å². The summed E-state index contributed by atoms with van der Waals surface area (Å²) in [6, 6.07) is 11.9. The molecular formula is C21H26F2N2O. The van der Waals surface area contributed by atoms with Crippen molar-refractivity contribution in [1.29, 1.82) is 0 Å². The summed E-state index contributed by atoms with van der Waals surface area (Å²) in [4.78, 5) is 0. The predicted molar refractivity (Wildman–Crippen MR) is 98.6 cm³/mol. The number of nitrogens with two attached hydrogens (primary N) is 1. The highest BCUT2D eigenvalue weighted by molar-refractivity contribution is 5.38. The molecule has 2 atom stereocenters. The second-order valence-electron chi connectivity index (χ2n) is 7.07. The molecule has 0 spiro atoms. The Balaban J connectivity index is 2.06. The van der Waals surface area contributed by atoms with Crippen LogP contribution in [0.5, 0.6) is 0 Å². The third-order valence-corrected chi connectivity index (χ3v) is 5.49. The molecule has 2 unspecified atom stereocenters. The van der Waals surface area contributed by atoms with E-state index in [-0.39, 0.29) is 23.5 Å². The van der Waals surface area contributed by atoms with E-state index in [0.717, 1.165) is 32.4 Å². The Morgan fingerprint density at radius 2 is 1.54 bits per heavy atom. The molecule has 1 aliphatic rings. The van der Waals surface area contributed by atoms with Crippen LogP contribution in [0.2, 0.25) is 0 Å². The molecule has 0 aliphatic carbocycles. The Labute approximate surface area is 153 Å². The SMILES string of the molecule is NCCCC1CNCCC1C(O)(c1ccc(F)cc1)c1ccc(F)cc1. The molecule has 1 heterocycles. The van der Waals surface area contributed by atoms with E-state index in [1.165, 1.54) is 24.3 Å². The van der Waals surface area contributed by atoms with E-state index in [9.17, 15) is 13.9 Å². The molecule has 26 heavy (non-hydrogen) atoms. The third kappa shape index (κ3) is 3.80. The zero-order valence-electron chi connectivity index (χ0n) is 14.8. The number of nitrogens with one attached hydrogen (secondary N) is 1. The van der Waals surface area contributed by atoms with Gasteiger partial charge in [-0.3, -0.25) is 0 Å². The fourth-order valence-electron chi connectivity index (χ4n) is 4.16. The maximum Gasteiger partial charge on any atom is 0.123 e. The number of hydrogen-bond donors (Lipinski definition) is 3. The van der Waals surface area contributed by atoms with Gasteiger partial charge in [-0.15, -0.1) is 0 Å². The lowest BCUT2D eigenvalue weighted by molar-refractivity contribution is -0.0269. The molecule has 4 N–H and O–H groups in total. The summed E-state index contributed by atoms with van der Waals surface area (Å²) < 4.78 is 26.9. The van der Waals surface area contributed by atoms with Crippen LogP contribution in [0.25, 0.3) is 0 Å². The third-order valence-electron chi connectivity index (χ3n) is 5.49. The number of piperidine rings is 1. The number of aliphatic hydroxyl groups is 1. The summed E-state index contributed by atoms with van der Waals surface area (Å²) in [5, 5.41) is 15.3. The monoisotopic (exact) mass is 360 g/mol. The minimum Gasteiger partial charge on any atom is -0.380 e. The molecule has 1 aliphatic heterocycles. The van der Waals surface area contributed by atoms with Crippen LogP contribution in [-0.2, 0) is 5.60 Å². The Hall–Kier alpha value is -1.82. The lowest BCUT2D eigenvalue weighted by atomic mass is 9.67. The molecular weight excluding hydrogens is 334 g/mol. The molecule has 5 heteroatoms. The van der Waals surface area contributed by atoms with Gasteiger partial charge in [-0.25, -0.2) is 8.78 Å². The van der Waals surface area contributed by atoms with E-state index in [4.69, 9.17) is 5.73 Å². The van der Waals surface area contributed by atoms with Crippen molar-refractivity contribution in [2.24, 2.45) is 17.6 Å². The molecule has 0 saturated carbocycles. The van der Waals surface area contributed by atoms with Gasteiger partial charge >= 0.3 is 0 Å². The maximum absolute atomic E-state index is 13.5. The highest BCUT2D eigenvalue weighted by Gasteiger charge is 2.44. The normalized spacial score (nSPS) is 20.9. The molecule has 0 amide bonds. The second kappa shape index (κ2) is 8.25. The molecule has 0 radical (unpaired) electrons. The minimum atomic E-state index is -1.30. The molecule has 1 saturated heterocycles. The van der Waals surface area contributed by atoms with Crippen LogP contribution in [0.4, 0.5) is 8.78 Å². The summed E-state index contributed by atoms with van der Waals surface area (Å²) in [6.07, 6.45) is 2.56. The largest absolute Gasteiger partial charge is 0.380 e. The van der Waals surface area contributed by atoms with Crippen molar-refractivity contribution < 1.29 is 13.9 Å². The highest BCUT2D eigenvalue weighted by Crippen LogP contribution is 2.44.